The number of hydrogen-bond donors (Lipinski definition) is 2. The van der Waals surface area contributed by atoms with E-state index in [-0.39, 0.29) is 0 Å². The van der Waals surface area contributed by atoms with Gasteiger partial charge in [0.05, 0.1) is 0 Å². The smallest absolute Gasteiger partial charge is 0.250 e. The van der Waals surface area contributed by atoms with E-state index < -0.39 is 10.0 Å². The molecule has 0 bridgehead atoms. The number of thiophene rings is 1. The molecule has 0 atom stereocenters. The summed E-state index contributed by atoms with van der Waals surface area (Å²) in [7, 11) is -3.33. The van der Waals surface area contributed by atoms with Crippen LogP contribution < -0.4 is 10.0 Å². The quantitative estimate of drug-likeness (QED) is 0.569. The fourth-order valence-corrected chi connectivity index (χ4v) is 4.64. The van der Waals surface area contributed by atoms with Crippen LogP contribution >= 0.6 is 23.1 Å². The number of thioether (sulfide) groups is 1. The molecule has 21 heavy (non-hydrogen) atoms. The van der Waals surface area contributed by atoms with Gasteiger partial charge in [-0.2, -0.15) is 11.8 Å². The molecule has 0 unspecified atom stereocenters. The largest absolute Gasteiger partial charge is 0.313 e. The van der Waals surface area contributed by atoms with Crippen molar-refractivity contribution in [2.45, 2.75) is 43.4 Å². The second-order valence-electron chi connectivity index (χ2n) is 4.90. The highest BCUT2D eigenvalue weighted by molar-refractivity contribution is 7.98. The molecule has 0 saturated carbocycles. The number of rotatable bonds is 12. The lowest BCUT2D eigenvalue weighted by Gasteiger charge is -2.04. The van der Waals surface area contributed by atoms with Crippen molar-refractivity contribution < 1.29 is 8.42 Å². The Morgan fingerprint density at radius 3 is 2.76 bits per heavy atom. The van der Waals surface area contributed by atoms with Crippen molar-refractivity contribution >= 4 is 33.1 Å². The molecular weight excluding hydrogens is 324 g/mol. The Morgan fingerprint density at radius 2 is 2.05 bits per heavy atom. The predicted molar refractivity (Wildman–Crippen MR) is 93.7 cm³/mol. The topological polar surface area (TPSA) is 58.2 Å². The van der Waals surface area contributed by atoms with Crippen LogP contribution in [0.5, 0.6) is 0 Å². The summed E-state index contributed by atoms with van der Waals surface area (Å²) >= 11 is 3.12. The second kappa shape index (κ2) is 10.6. The van der Waals surface area contributed by atoms with Gasteiger partial charge in [0.2, 0.25) is 10.0 Å². The van der Waals surface area contributed by atoms with Gasteiger partial charge in [0, 0.05) is 13.1 Å². The summed E-state index contributed by atoms with van der Waals surface area (Å²) in [6.07, 6.45) is 6.28. The number of sulfonamides is 1. The van der Waals surface area contributed by atoms with Gasteiger partial charge in [-0.25, -0.2) is 13.1 Å². The lowest BCUT2D eigenvalue weighted by molar-refractivity contribution is 0.578. The molecule has 1 rings (SSSR count). The highest BCUT2D eigenvalue weighted by atomic mass is 32.2. The van der Waals surface area contributed by atoms with Gasteiger partial charge in [-0.05, 0) is 54.8 Å². The zero-order valence-corrected chi connectivity index (χ0v) is 15.3. The van der Waals surface area contributed by atoms with Crippen molar-refractivity contribution in [3.63, 3.8) is 0 Å². The number of unbranched alkanes of at least 4 members (excludes halogenated alkanes) is 2. The van der Waals surface area contributed by atoms with Crippen molar-refractivity contribution in [2.24, 2.45) is 0 Å². The van der Waals surface area contributed by atoms with Crippen LogP contribution in [0, 0.1) is 0 Å². The Hall–Kier alpha value is -0.0800. The van der Waals surface area contributed by atoms with E-state index >= 15 is 0 Å². The Balaban J connectivity index is 2.36. The average molecular weight is 351 g/mol. The Bertz CT molecular complexity index is 486. The Morgan fingerprint density at radius 1 is 1.24 bits per heavy atom. The monoisotopic (exact) mass is 350 g/mol. The predicted octanol–water partition coefficient (Wildman–Crippen LogP) is 3.06. The van der Waals surface area contributed by atoms with E-state index in [1.165, 1.54) is 11.3 Å². The number of nitrogens with one attached hydrogen (secondary N) is 2. The van der Waals surface area contributed by atoms with Crippen molar-refractivity contribution in [1.82, 2.24) is 10.0 Å². The molecule has 0 aromatic carbocycles. The standard InChI is InChI=1S/C14H26N2O2S3/c1-3-7-15-11-13-10-14(20-12-13)21(17,18)16-8-5-4-6-9-19-2/h10,12,15-16H,3-9,11H2,1-2H3. The lowest BCUT2D eigenvalue weighted by atomic mass is 10.2. The minimum Gasteiger partial charge on any atom is -0.313 e. The first kappa shape index (κ1) is 19.0. The summed E-state index contributed by atoms with van der Waals surface area (Å²) in [6, 6.07) is 1.77. The van der Waals surface area contributed by atoms with Crippen molar-refractivity contribution in [2.75, 3.05) is 25.1 Å². The van der Waals surface area contributed by atoms with Gasteiger partial charge in [0.1, 0.15) is 4.21 Å². The maximum Gasteiger partial charge on any atom is 0.250 e. The van der Waals surface area contributed by atoms with Crippen LogP contribution in [0.25, 0.3) is 0 Å². The first-order valence-corrected chi connectivity index (χ1v) is 11.1. The van der Waals surface area contributed by atoms with Crippen LogP contribution in [0.2, 0.25) is 0 Å². The first-order chi connectivity index (χ1) is 10.1. The van der Waals surface area contributed by atoms with E-state index in [1.807, 2.05) is 17.1 Å². The maximum atomic E-state index is 12.1. The van der Waals surface area contributed by atoms with Crippen LogP contribution in [0.3, 0.4) is 0 Å². The van der Waals surface area contributed by atoms with Crippen LogP contribution in [0.15, 0.2) is 15.7 Å². The zero-order valence-electron chi connectivity index (χ0n) is 12.9. The molecule has 0 amide bonds. The molecule has 4 nitrogen and oxygen atoms in total. The summed E-state index contributed by atoms with van der Waals surface area (Å²) in [5, 5.41) is 5.19. The Labute approximate surface area is 137 Å². The maximum absolute atomic E-state index is 12.1. The van der Waals surface area contributed by atoms with Crippen LogP contribution in [-0.4, -0.2) is 33.5 Å². The molecule has 0 fully saturated rings. The van der Waals surface area contributed by atoms with Crippen molar-refractivity contribution in [3.05, 3.63) is 17.0 Å². The fourth-order valence-electron chi connectivity index (χ4n) is 1.82. The van der Waals surface area contributed by atoms with Gasteiger partial charge in [-0.1, -0.05) is 13.3 Å². The molecule has 2 N–H and O–H groups in total. The molecule has 0 aliphatic carbocycles. The third-order valence-electron chi connectivity index (χ3n) is 2.97. The van der Waals surface area contributed by atoms with Gasteiger partial charge >= 0.3 is 0 Å². The minimum atomic E-state index is -3.33. The van der Waals surface area contributed by atoms with Crippen LogP contribution in [-0.2, 0) is 16.6 Å². The number of hydrogen-bond acceptors (Lipinski definition) is 5. The lowest BCUT2D eigenvalue weighted by Crippen LogP contribution is -2.24. The first-order valence-electron chi connectivity index (χ1n) is 7.37. The highest BCUT2D eigenvalue weighted by Crippen LogP contribution is 2.20. The van der Waals surface area contributed by atoms with Gasteiger partial charge in [0.25, 0.3) is 0 Å². The summed E-state index contributed by atoms with van der Waals surface area (Å²) in [4.78, 5) is 0. The Kier molecular flexibility index (Phi) is 9.59. The second-order valence-corrected chi connectivity index (χ2v) is 8.79. The molecule has 0 spiro atoms. The molecule has 1 aromatic rings. The summed E-state index contributed by atoms with van der Waals surface area (Å²) in [5.41, 5.74) is 1.04. The van der Waals surface area contributed by atoms with Gasteiger partial charge in [0.15, 0.2) is 0 Å². The van der Waals surface area contributed by atoms with Crippen molar-refractivity contribution in [1.29, 1.82) is 0 Å². The molecule has 0 radical (unpaired) electrons. The van der Waals surface area contributed by atoms with E-state index in [2.05, 4.69) is 23.2 Å². The van der Waals surface area contributed by atoms with Crippen LogP contribution in [0.1, 0.15) is 38.2 Å². The van der Waals surface area contributed by atoms with E-state index in [9.17, 15) is 8.42 Å². The SMILES string of the molecule is CCCNCc1csc(S(=O)(=O)NCCCCCSC)c1. The average Bonchev–Trinajstić information content (AvgIpc) is 2.93. The zero-order chi connectivity index (χ0) is 15.6. The summed E-state index contributed by atoms with van der Waals surface area (Å²) in [5.74, 6) is 1.14. The molecule has 7 heteroatoms. The van der Waals surface area contributed by atoms with Gasteiger partial charge < -0.3 is 5.32 Å². The van der Waals surface area contributed by atoms with Crippen LogP contribution in [0.4, 0.5) is 0 Å². The summed E-state index contributed by atoms with van der Waals surface area (Å²) < 4.78 is 27.4. The fraction of sp³-hybridized carbons (Fsp3) is 0.714. The third-order valence-corrected chi connectivity index (χ3v) is 6.61. The molecule has 122 valence electrons. The highest BCUT2D eigenvalue weighted by Gasteiger charge is 2.15. The molecule has 0 aliphatic heterocycles. The van der Waals surface area contributed by atoms with E-state index in [0.717, 1.165) is 50.1 Å². The summed E-state index contributed by atoms with van der Waals surface area (Å²) in [6.45, 7) is 4.32. The normalized spacial score (nSPS) is 11.9. The third kappa shape index (κ3) is 7.65. The molecular formula is C14H26N2O2S3. The molecule has 0 aliphatic rings. The van der Waals surface area contributed by atoms with Gasteiger partial charge in [-0.15, -0.1) is 11.3 Å². The van der Waals surface area contributed by atoms with Gasteiger partial charge in [-0.3, -0.25) is 0 Å². The van der Waals surface area contributed by atoms with E-state index in [4.69, 9.17) is 0 Å². The molecule has 0 saturated heterocycles. The molecule has 1 heterocycles. The molecule has 1 aromatic heterocycles. The van der Waals surface area contributed by atoms with Crippen molar-refractivity contribution in [3.8, 4) is 0 Å². The minimum absolute atomic E-state index is 0.417. The van der Waals surface area contributed by atoms with E-state index in [1.54, 1.807) is 6.07 Å². The van der Waals surface area contributed by atoms with E-state index in [0.29, 0.717) is 10.8 Å².